The largest absolute Gasteiger partial charge is 0.486 e. The number of esters is 1. The summed E-state index contributed by atoms with van der Waals surface area (Å²) >= 11 is 6.05. The lowest BCUT2D eigenvalue weighted by molar-refractivity contribution is -0.116. The molecule has 0 saturated carbocycles. The van der Waals surface area contributed by atoms with Crippen LogP contribution in [-0.2, 0) is 19.6 Å². The molecule has 1 N–H and O–H groups in total. The van der Waals surface area contributed by atoms with Gasteiger partial charge in [0.05, 0.1) is 29.1 Å². The normalized spacial score (nSPS) is 13.8. The number of carbonyl (C=O) groups is 2. The first-order valence-corrected chi connectivity index (χ1v) is 12.0. The predicted octanol–water partition coefficient (Wildman–Crippen LogP) is 3.08. The molecule has 0 saturated heterocycles. The van der Waals surface area contributed by atoms with Gasteiger partial charge in [0, 0.05) is 11.8 Å². The van der Waals surface area contributed by atoms with Crippen molar-refractivity contribution >= 4 is 44.9 Å². The molecule has 2 aromatic rings. The number of hydrogen-bond donors (Lipinski definition) is 1. The molecule has 1 aliphatic rings. The Morgan fingerprint density at radius 2 is 1.84 bits per heavy atom. The minimum absolute atomic E-state index is 0.0887. The third-order valence-electron chi connectivity index (χ3n) is 4.60. The van der Waals surface area contributed by atoms with Crippen molar-refractivity contribution in [2.45, 2.75) is 19.9 Å². The van der Waals surface area contributed by atoms with Crippen LogP contribution in [0.15, 0.2) is 36.4 Å². The number of nitrogens with zero attached hydrogens (tertiary/aromatic N) is 1. The van der Waals surface area contributed by atoms with Gasteiger partial charge in [0.1, 0.15) is 19.3 Å². The van der Waals surface area contributed by atoms with Gasteiger partial charge < -0.3 is 19.5 Å². The number of carbonyl (C=O) groups excluding carboxylic acids is 2. The quantitative estimate of drug-likeness (QED) is 0.603. The average molecular weight is 483 g/mol. The Morgan fingerprint density at radius 3 is 2.50 bits per heavy atom. The summed E-state index contributed by atoms with van der Waals surface area (Å²) in [6.07, 6.45) is 1.01. The van der Waals surface area contributed by atoms with Crippen molar-refractivity contribution in [1.82, 2.24) is 0 Å². The summed E-state index contributed by atoms with van der Waals surface area (Å²) in [5, 5.41) is 2.79. The lowest BCUT2D eigenvalue weighted by Gasteiger charge is -2.29. The van der Waals surface area contributed by atoms with Crippen LogP contribution in [0.3, 0.4) is 0 Å². The van der Waals surface area contributed by atoms with Gasteiger partial charge in [-0.15, -0.1) is 0 Å². The number of rotatable bonds is 7. The van der Waals surface area contributed by atoms with Crippen LogP contribution in [0.5, 0.6) is 11.5 Å². The second-order valence-electron chi connectivity index (χ2n) is 6.97. The lowest BCUT2D eigenvalue weighted by Crippen LogP contribution is -2.45. The zero-order valence-electron chi connectivity index (χ0n) is 17.8. The van der Waals surface area contributed by atoms with E-state index in [4.69, 9.17) is 25.8 Å². The van der Waals surface area contributed by atoms with E-state index in [-0.39, 0.29) is 28.6 Å². The standard InChI is InChI=1S/C21H23ClN2O7S/c1-4-29-21(26)16-11-14(5-7-17(16)22)23-20(25)13(2)24(32(3,27)28)15-6-8-18-19(12-15)31-10-9-30-18/h5-8,11-13H,4,9-10H2,1-3H3,(H,23,25)/t13-/m0/s1. The summed E-state index contributed by atoms with van der Waals surface area (Å²) in [6, 6.07) is 7.86. The number of amides is 1. The fourth-order valence-electron chi connectivity index (χ4n) is 3.19. The van der Waals surface area contributed by atoms with Crippen molar-refractivity contribution in [2.75, 3.05) is 35.7 Å². The summed E-state index contributed by atoms with van der Waals surface area (Å²) in [5.41, 5.74) is 0.610. The molecule has 3 rings (SSSR count). The van der Waals surface area contributed by atoms with Gasteiger partial charge in [-0.3, -0.25) is 9.10 Å². The molecule has 0 bridgehead atoms. The molecule has 11 heteroatoms. The molecule has 0 aromatic heterocycles. The molecule has 0 unspecified atom stereocenters. The Balaban J connectivity index is 1.87. The summed E-state index contributed by atoms with van der Waals surface area (Å²) in [7, 11) is -3.84. The van der Waals surface area contributed by atoms with Gasteiger partial charge in [-0.2, -0.15) is 0 Å². The Hall–Kier alpha value is -2.98. The van der Waals surface area contributed by atoms with Crippen molar-refractivity contribution < 1.29 is 32.2 Å². The van der Waals surface area contributed by atoms with E-state index in [0.717, 1.165) is 10.6 Å². The van der Waals surface area contributed by atoms with Gasteiger partial charge in [0.2, 0.25) is 15.9 Å². The van der Waals surface area contributed by atoms with Gasteiger partial charge in [0.15, 0.2) is 11.5 Å². The lowest BCUT2D eigenvalue weighted by atomic mass is 10.2. The highest BCUT2D eigenvalue weighted by molar-refractivity contribution is 7.92. The van der Waals surface area contributed by atoms with Gasteiger partial charge in [-0.05, 0) is 44.2 Å². The zero-order chi connectivity index (χ0) is 23.5. The van der Waals surface area contributed by atoms with Crippen LogP contribution in [-0.4, -0.2) is 52.4 Å². The van der Waals surface area contributed by atoms with Crippen molar-refractivity contribution in [2.24, 2.45) is 0 Å². The molecule has 0 aliphatic carbocycles. The highest BCUT2D eigenvalue weighted by atomic mass is 35.5. The fourth-order valence-corrected chi connectivity index (χ4v) is 4.55. The van der Waals surface area contributed by atoms with E-state index in [9.17, 15) is 18.0 Å². The molecule has 1 aliphatic heterocycles. The maximum absolute atomic E-state index is 12.9. The molecule has 0 spiro atoms. The number of nitrogens with one attached hydrogen (secondary N) is 1. The van der Waals surface area contributed by atoms with Crippen LogP contribution in [0.4, 0.5) is 11.4 Å². The van der Waals surface area contributed by atoms with E-state index in [0.29, 0.717) is 24.7 Å². The Bertz CT molecular complexity index is 1140. The highest BCUT2D eigenvalue weighted by Crippen LogP contribution is 2.35. The van der Waals surface area contributed by atoms with Crippen LogP contribution in [0.25, 0.3) is 0 Å². The number of hydrogen-bond acceptors (Lipinski definition) is 7. The van der Waals surface area contributed by atoms with E-state index in [1.165, 1.54) is 31.2 Å². The van der Waals surface area contributed by atoms with Crippen LogP contribution in [0, 0.1) is 0 Å². The Morgan fingerprint density at radius 1 is 1.16 bits per heavy atom. The molecule has 1 atom stereocenters. The van der Waals surface area contributed by atoms with Crippen molar-refractivity contribution in [3.63, 3.8) is 0 Å². The molecule has 0 radical (unpaired) electrons. The fraction of sp³-hybridized carbons (Fsp3) is 0.333. The first-order valence-electron chi connectivity index (χ1n) is 9.78. The van der Waals surface area contributed by atoms with Gasteiger partial charge in [-0.1, -0.05) is 11.6 Å². The van der Waals surface area contributed by atoms with E-state index < -0.39 is 27.9 Å². The topological polar surface area (TPSA) is 111 Å². The smallest absolute Gasteiger partial charge is 0.339 e. The van der Waals surface area contributed by atoms with Gasteiger partial charge in [-0.25, -0.2) is 13.2 Å². The van der Waals surface area contributed by atoms with Crippen LogP contribution in [0.1, 0.15) is 24.2 Å². The molecule has 9 nitrogen and oxygen atoms in total. The maximum atomic E-state index is 12.9. The highest BCUT2D eigenvalue weighted by Gasteiger charge is 2.30. The molecule has 1 amide bonds. The van der Waals surface area contributed by atoms with Crippen LogP contribution in [0.2, 0.25) is 5.02 Å². The first-order chi connectivity index (χ1) is 15.1. The Labute approximate surface area is 191 Å². The minimum atomic E-state index is -3.84. The monoisotopic (exact) mass is 482 g/mol. The predicted molar refractivity (Wildman–Crippen MR) is 120 cm³/mol. The molecular formula is C21H23ClN2O7S. The maximum Gasteiger partial charge on any atom is 0.339 e. The third-order valence-corrected chi connectivity index (χ3v) is 6.17. The van der Waals surface area contributed by atoms with E-state index in [1.54, 1.807) is 19.1 Å². The SMILES string of the molecule is CCOC(=O)c1cc(NC(=O)[C@H](C)N(c2ccc3c(c2)OCCO3)S(C)(=O)=O)ccc1Cl. The second-order valence-corrected chi connectivity index (χ2v) is 9.23. The molecule has 2 aromatic carbocycles. The zero-order valence-corrected chi connectivity index (χ0v) is 19.3. The molecule has 32 heavy (non-hydrogen) atoms. The van der Waals surface area contributed by atoms with E-state index in [1.807, 2.05) is 0 Å². The number of halogens is 1. The van der Waals surface area contributed by atoms with Crippen molar-refractivity contribution in [1.29, 1.82) is 0 Å². The summed E-state index contributed by atoms with van der Waals surface area (Å²) in [6.45, 7) is 4.02. The van der Waals surface area contributed by atoms with E-state index >= 15 is 0 Å². The summed E-state index contributed by atoms with van der Waals surface area (Å²) in [4.78, 5) is 25.0. The summed E-state index contributed by atoms with van der Waals surface area (Å²) < 4.78 is 42.0. The number of benzene rings is 2. The first kappa shape index (κ1) is 23.7. The number of fused-ring (bicyclic) bond motifs is 1. The number of sulfonamides is 1. The number of anilines is 2. The average Bonchev–Trinajstić information content (AvgIpc) is 2.74. The number of ether oxygens (including phenoxy) is 3. The summed E-state index contributed by atoms with van der Waals surface area (Å²) in [5.74, 6) is -0.344. The minimum Gasteiger partial charge on any atom is -0.486 e. The van der Waals surface area contributed by atoms with Gasteiger partial charge >= 0.3 is 5.97 Å². The van der Waals surface area contributed by atoms with Crippen LogP contribution < -0.4 is 19.1 Å². The van der Waals surface area contributed by atoms with Crippen molar-refractivity contribution in [3.05, 3.63) is 47.0 Å². The Kier molecular flexibility index (Phi) is 7.15. The van der Waals surface area contributed by atoms with Crippen LogP contribution >= 0.6 is 11.6 Å². The van der Waals surface area contributed by atoms with Gasteiger partial charge in [0.25, 0.3) is 0 Å². The molecule has 0 fully saturated rings. The third kappa shape index (κ3) is 5.25. The second kappa shape index (κ2) is 9.66. The molecule has 172 valence electrons. The van der Waals surface area contributed by atoms with Crippen molar-refractivity contribution in [3.8, 4) is 11.5 Å². The molecule has 1 heterocycles. The van der Waals surface area contributed by atoms with E-state index in [2.05, 4.69) is 5.32 Å². The molecular weight excluding hydrogens is 460 g/mol.